The molecule has 0 aliphatic carbocycles. The van der Waals surface area contributed by atoms with Crippen LogP contribution in [0.5, 0.6) is 0 Å². The average molecular weight is 160 g/mol. The number of carbonyl (C=O) groups is 1. The molecule has 1 N–H and O–H groups in total. The summed E-state index contributed by atoms with van der Waals surface area (Å²) in [5.74, 6) is -0.288. The fraction of sp³-hybridized carbons (Fsp3) is 0.857. The fourth-order valence-corrected chi connectivity index (χ4v) is 1.10. The van der Waals surface area contributed by atoms with Gasteiger partial charge in [-0.15, -0.1) is 0 Å². The highest BCUT2D eigenvalue weighted by Crippen LogP contribution is 2.16. The van der Waals surface area contributed by atoms with Crippen molar-refractivity contribution in [2.45, 2.75) is 25.0 Å². The van der Waals surface area contributed by atoms with Crippen LogP contribution in [0.15, 0.2) is 0 Å². The fourth-order valence-electron chi connectivity index (χ4n) is 1.10. The Morgan fingerprint density at radius 2 is 2.55 bits per heavy atom. The van der Waals surface area contributed by atoms with Crippen LogP contribution in [0.3, 0.4) is 0 Å². The van der Waals surface area contributed by atoms with Gasteiger partial charge in [-0.05, 0) is 0 Å². The molecule has 1 fully saturated rings. The van der Waals surface area contributed by atoms with Crippen molar-refractivity contribution in [3.8, 4) is 0 Å². The smallest absolute Gasteiger partial charge is 0.308 e. The molecule has 4 nitrogen and oxygen atoms in total. The van der Waals surface area contributed by atoms with Crippen molar-refractivity contribution in [2.24, 2.45) is 0 Å². The van der Waals surface area contributed by atoms with Gasteiger partial charge in [-0.1, -0.05) is 0 Å². The summed E-state index contributed by atoms with van der Waals surface area (Å²) < 4.78 is 9.53. The van der Waals surface area contributed by atoms with Gasteiger partial charge in [-0.3, -0.25) is 4.79 Å². The molecule has 0 spiro atoms. The van der Waals surface area contributed by atoms with Crippen molar-refractivity contribution >= 4 is 5.97 Å². The van der Waals surface area contributed by atoms with Crippen LogP contribution in [0.4, 0.5) is 0 Å². The van der Waals surface area contributed by atoms with E-state index in [-0.39, 0.29) is 18.5 Å². The Hall–Kier alpha value is -0.610. The molecular weight excluding hydrogens is 148 g/mol. The highest BCUT2D eigenvalue weighted by Gasteiger charge is 2.25. The van der Waals surface area contributed by atoms with E-state index in [1.807, 2.05) is 0 Å². The maximum atomic E-state index is 10.7. The molecule has 64 valence electrons. The first kappa shape index (κ1) is 8.49. The zero-order valence-electron chi connectivity index (χ0n) is 6.45. The summed E-state index contributed by atoms with van der Waals surface area (Å²) in [6.07, 6.45) is 0.213. The number of ether oxygens (including phenoxy) is 2. The highest BCUT2D eigenvalue weighted by molar-refractivity contribution is 5.69. The Morgan fingerprint density at radius 3 is 3.00 bits per heavy atom. The van der Waals surface area contributed by atoms with Crippen molar-refractivity contribution in [2.75, 3.05) is 13.7 Å². The summed E-state index contributed by atoms with van der Waals surface area (Å²) in [7, 11) is 1.34. The molecule has 1 aliphatic rings. The molecule has 4 heteroatoms. The molecule has 0 bridgehead atoms. The maximum absolute atomic E-state index is 10.7. The van der Waals surface area contributed by atoms with E-state index < -0.39 is 6.10 Å². The van der Waals surface area contributed by atoms with Gasteiger partial charge in [0.05, 0.1) is 32.3 Å². The van der Waals surface area contributed by atoms with Crippen LogP contribution in [-0.4, -0.2) is 37.0 Å². The van der Waals surface area contributed by atoms with E-state index in [2.05, 4.69) is 4.74 Å². The van der Waals surface area contributed by atoms with Crippen LogP contribution < -0.4 is 0 Å². The maximum Gasteiger partial charge on any atom is 0.308 e. The van der Waals surface area contributed by atoms with Gasteiger partial charge in [-0.25, -0.2) is 0 Å². The first-order valence-corrected chi connectivity index (χ1v) is 3.59. The SMILES string of the molecule is COC(=O)C[C@@H]1C[C@H](O)CO1. The molecule has 1 saturated heterocycles. The quantitative estimate of drug-likeness (QED) is 0.563. The van der Waals surface area contributed by atoms with Crippen molar-refractivity contribution in [3.05, 3.63) is 0 Å². The van der Waals surface area contributed by atoms with Gasteiger partial charge in [0.25, 0.3) is 0 Å². The predicted octanol–water partition coefficient (Wildman–Crippen LogP) is -0.301. The van der Waals surface area contributed by atoms with E-state index in [0.29, 0.717) is 13.0 Å². The van der Waals surface area contributed by atoms with E-state index in [4.69, 9.17) is 9.84 Å². The topological polar surface area (TPSA) is 55.8 Å². The van der Waals surface area contributed by atoms with E-state index in [1.165, 1.54) is 7.11 Å². The lowest BCUT2D eigenvalue weighted by atomic mass is 10.1. The van der Waals surface area contributed by atoms with E-state index in [9.17, 15) is 4.79 Å². The number of aliphatic hydroxyl groups is 1. The number of methoxy groups -OCH3 is 1. The first-order valence-electron chi connectivity index (χ1n) is 3.59. The molecule has 11 heavy (non-hydrogen) atoms. The molecule has 0 amide bonds. The average Bonchev–Trinajstić information content (AvgIpc) is 2.35. The largest absolute Gasteiger partial charge is 0.469 e. The van der Waals surface area contributed by atoms with Crippen molar-refractivity contribution < 1.29 is 19.4 Å². The third kappa shape index (κ3) is 2.48. The van der Waals surface area contributed by atoms with Crippen LogP contribution in [0.1, 0.15) is 12.8 Å². The van der Waals surface area contributed by atoms with E-state index in [1.54, 1.807) is 0 Å². The summed E-state index contributed by atoms with van der Waals surface area (Å²) in [6, 6.07) is 0. The number of hydrogen-bond acceptors (Lipinski definition) is 4. The molecule has 0 aromatic carbocycles. The molecule has 0 aromatic rings. The van der Waals surface area contributed by atoms with Gasteiger partial charge < -0.3 is 14.6 Å². The Labute approximate surface area is 65.1 Å². The summed E-state index contributed by atoms with van der Waals surface area (Å²) >= 11 is 0. The Balaban J connectivity index is 2.23. The molecular formula is C7H12O4. The predicted molar refractivity (Wildman–Crippen MR) is 37.0 cm³/mol. The van der Waals surface area contributed by atoms with Gasteiger partial charge in [0.1, 0.15) is 0 Å². The third-order valence-corrected chi connectivity index (χ3v) is 1.68. The molecule has 1 heterocycles. The second kappa shape index (κ2) is 3.69. The van der Waals surface area contributed by atoms with Crippen LogP contribution in [0.25, 0.3) is 0 Å². The zero-order chi connectivity index (χ0) is 8.27. The minimum Gasteiger partial charge on any atom is -0.469 e. The van der Waals surface area contributed by atoms with Gasteiger partial charge >= 0.3 is 5.97 Å². The minimum atomic E-state index is -0.412. The molecule has 0 saturated carbocycles. The van der Waals surface area contributed by atoms with Gasteiger partial charge in [-0.2, -0.15) is 0 Å². The normalized spacial score (nSPS) is 30.4. The van der Waals surface area contributed by atoms with E-state index >= 15 is 0 Å². The zero-order valence-corrected chi connectivity index (χ0v) is 6.45. The monoisotopic (exact) mass is 160 g/mol. The Kier molecular flexibility index (Phi) is 2.84. The Bertz CT molecular complexity index is 145. The van der Waals surface area contributed by atoms with E-state index in [0.717, 1.165) is 0 Å². The number of rotatable bonds is 2. The lowest BCUT2D eigenvalue weighted by Gasteiger charge is -2.05. The van der Waals surface area contributed by atoms with Crippen molar-refractivity contribution in [1.29, 1.82) is 0 Å². The molecule has 0 unspecified atom stereocenters. The van der Waals surface area contributed by atoms with Gasteiger partial charge in [0.15, 0.2) is 0 Å². The second-order valence-corrected chi connectivity index (χ2v) is 2.63. The number of hydrogen-bond donors (Lipinski definition) is 1. The molecule has 0 aromatic heterocycles. The van der Waals surface area contributed by atoms with Crippen LogP contribution >= 0.6 is 0 Å². The molecule has 1 rings (SSSR count). The number of aliphatic hydroxyl groups excluding tert-OH is 1. The number of esters is 1. The third-order valence-electron chi connectivity index (χ3n) is 1.68. The highest BCUT2D eigenvalue weighted by atomic mass is 16.5. The van der Waals surface area contributed by atoms with Crippen molar-refractivity contribution in [1.82, 2.24) is 0 Å². The summed E-state index contributed by atoms with van der Waals surface area (Å²) in [6.45, 7) is 0.335. The lowest BCUT2D eigenvalue weighted by Crippen LogP contribution is -2.14. The van der Waals surface area contributed by atoms with Crippen molar-refractivity contribution in [3.63, 3.8) is 0 Å². The summed E-state index contributed by atoms with van der Waals surface area (Å²) in [5.41, 5.74) is 0. The second-order valence-electron chi connectivity index (χ2n) is 2.63. The van der Waals surface area contributed by atoms with Gasteiger partial charge in [0.2, 0.25) is 0 Å². The Morgan fingerprint density at radius 1 is 1.82 bits per heavy atom. The van der Waals surface area contributed by atoms with Crippen LogP contribution in [0.2, 0.25) is 0 Å². The molecule has 1 aliphatic heterocycles. The molecule has 2 atom stereocenters. The summed E-state index contributed by atoms with van der Waals surface area (Å²) in [4.78, 5) is 10.7. The van der Waals surface area contributed by atoms with Crippen LogP contribution in [0, 0.1) is 0 Å². The number of carbonyl (C=O) groups excluding carboxylic acids is 1. The minimum absolute atomic E-state index is 0.155. The van der Waals surface area contributed by atoms with Crippen LogP contribution in [-0.2, 0) is 14.3 Å². The molecule has 0 radical (unpaired) electrons. The standard InChI is InChI=1S/C7H12O4/c1-10-7(9)3-6-2-5(8)4-11-6/h5-6,8H,2-4H2,1H3/t5-,6-/m0/s1. The first-order chi connectivity index (χ1) is 5.22. The summed E-state index contributed by atoms with van der Waals surface area (Å²) in [5, 5.41) is 9.01. The lowest BCUT2D eigenvalue weighted by molar-refractivity contribution is -0.143. The van der Waals surface area contributed by atoms with Gasteiger partial charge in [0, 0.05) is 6.42 Å².